The summed E-state index contributed by atoms with van der Waals surface area (Å²) in [5, 5.41) is 1.08. The van der Waals surface area contributed by atoms with Crippen LogP contribution in [0.5, 0.6) is 0 Å². The van der Waals surface area contributed by atoms with E-state index in [1.54, 1.807) is 0 Å². The van der Waals surface area contributed by atoms with Crippen LogP contribution >= 0.6 is 0 Å². The first-order chi connectivity index (χ1) is 11.1. The van der Waals surface area contributed by atoms with Crippen molar-refractivity contribution >= 4 is 9.84 Å². The van der Waals surface area contributed by atoms with Gasteiger partial charge in [-0.25, -0.2) is 8.42 Å². The predicted molar refractivity (Wildman–Crippen MR) is 104 cm³/mol. The maximum atomic E-state index is 11.2. The van der Waals surface area contributed by atoms with Gasteiger partial charge in [-0.15, -0.1) is 0 Å². The molecule has 0 bridgehead atoms. The first-order valence-corrected chi connectivity index (χ1v) is 11.7. The van der Waals surface area contributed by atoms with Crippen LogP contribution in [-0.4, -0.2) is 14.2 Å². The Labute approximate surface area is 146 Å². The lowest BCUT2D eigenvalue weighted by Crippen LogP contribution is -2.01. The smallest absolute Gasteiger partial charge is 0.171 e. The molecule has 3 heteroatoms. The minimum absolute atomic E-state index is 0.273. The maximum Gasteiger partial charge on any atom is 0.171 e. The SMILES string of the molecule is C=CS(=O)(=O)CCCCCCCCCCCCCCCCCC. The van der Waals surface area contributed by atoms with E-state index in [-0.39, 0.29) is 5.75 Å². The Kier molecular flexibility index (Phi) is 16.3. The first kappa shape index (κ1) is 22.7. The lowest BCUT2D eigenvalue weighted by Gasteiger charge is -2.03. The van der Waals surface area contributed by atoms with Crippen molar-refractivity contribution in [2.24, 2.45) is 0 Å². The molecule has 0 aliphatic carbocycles. The lowest BCUT2D eigenvalue weighted by atomic mass is 10.0. The summed E-state index contributed by atoms with van der Waals surface area (Å²) in [5.74, 6) is 0.273. The van der Waals surface area contributed by atoms with E-state index in [4.69, 9.17) is 0 Å². The summed E-state index contributed by atoms with van der Waals surface area (Å²) < 4.78 is 22.5. The highest BCUT2D eigenvalue weighted by Crippen LogP contribution is 2.13. The van der Waals surface area contributed by atoms with Crippen LogP contribution in [0.4, 0.5) is 0 Å². The summed E-state index contributed by atoms with van der Waals surface area (Å²) in [6, 6.07) is 0. The highest BCUT2D eigenvalue weighted by atomic mass is 32.2. The zero-order valence-electron chi connectivity index (χ0n) is 15.5. The summed E-state index contributed by atoms with van der Waals surface area (Å²) in [5.41, 5.74) is 0. The van der Waals surface area contributed by atoms with Crippen molar-refractivity contribution in [2.75, 3.05) is 5.75 Å². The standard InChI is InChI=1S/C20H40O2S/c1-3-5-6-7-8-9-10-11-12-13-14-15-16-17-18-19-20-23(21,22)4-2/h4H,2-3,5-20H2,1H3. The molecule has 0 unspecified atom stereocenters. The van der Waals surface area contributed by atoms with Gasteiger partial charge >= 0.3 is 0 Å². The molecule has 0 amide bonds. The highest BCUT2D eigenvalue weighted by molar-refractivity contribution is 7.94. The predicted octanol–water partition coefficient (Wildman–Crippen LogP) is 6.81. The number of hydrogen-bond donors (Lipinski definition) is 0. The molecule has 0 spiro atoms. The van der Waals surface area contributed by atoms with E-state index in [0.29, 0.717) is 0 Å². The summed E-state index contributed by atoms with van der Waals surface area (Å²) in [6.07, 6.45) is 21.0. The fourth-order valence-corrected chi connectivity index (χ4v) is 3.71. The van der Waals surface area contributed by atoms with Crippen LogP contribution in [0.25, 0.3) is 0 Å². The van der Waals surface area contributed by atoms with Gasteiger partial charge in [0.1, 0.15) is 0 Å². The molecule has 0 rings (SSSR count). The normalized spacial score (nSPS) is 11.7. The van der Waals surface area contributed by atoms with Gasteiger partial charge in [0.15, 0.2) is 9.84 Å². The summed E-state index contributed by atoms with van der Waals surface area (Å²) in [7, 11) is -2.98. The molecular weight excluding hydrogens is 304 g/mol. The molecule has 0 saturated carbocycles. The van der Waals surface area contributed by atoms with Crippen LogP contribution in [0.3, 0.4) is 0 Å². The molecule has 0 aromatic heterocycles. The number of unbranched alkanes of at least 4 members (excludes halogenated alkanes) is 15. The molecule has 138 valence electrons. The molecule has 2 nitrogen and oxygen atoms in total. The van der Waals surface area contributed by atoms with E-state index in [1.807, 2.05) is 0 Å². The Morgan fingerprint density at radius 1 is 0.609 bits per heavy atom. The van der Waals surface area contributed by atoms with Crippen molar-refractivity contribution in [2.45, 2.75) is 110 Å². The molecule has 0 aromatic carbocycles. The van der Waals surface area contributed by atoms with E-state index in [0.717, 1.165) is 18.2 Å². The van der Waals surface area contributed by atoms with Gasteiger partial charge in [0.25, 0.3) is 0 Å². The van der Waals surface area contributed by atoms with Crippen molar-refractivity contribution in [3.8, 4) is 0 Å². The monoisotopic (exact) mass is 344 g/mol. The average molecular weight is 345 g/mol. The van der Waals surface area contributed by atoms with Crippen LogP contribution in [0.1, 0.15) is 110 Å². The summed E-state index contributed by atoms with van der Waals surface area (Å²) >= 11 is 0. The molecule has 23 heavy (non-hydrogen) atoms. The minimum atomic E-state index is -2.98. The highest BCUT2D eigenvalue weighted by Gasteiger charge is 2.03. The fourth-order valence-electron chi connectivity index (χ4n) is 2.93. The second kappa shape index (κ2) is 16.5. The van der Waals surface area contributed by atoms with Gasteiger partial charge in [0.2, 0.25) is 0 Å². The first-order valence-electron chi connectivity index (χ1n) is 9.97. The van der Waals surface area contributed by atoms with Gasteiger partial charge in [-0.3, -0.25) is 0 Å². The Morgan fingerprint density at radius 2 is 0.913 bits per heavy atom. The maximum absolute atomic E-state index is 11.2. The Balaban J connectivity index is 3.09. The van der Waals surface area contributed by atoms with E-state index in [2.05, 4.69) is 13.5 Å². The lowest BCUT2D eigenvalue weighted by molar-refractivity contribution is 0.531. The molecule has 0 fully saturated rings. The molecule has 0 saturated heterocycles. The zero-order valence-corrected chi connectivity index (χ0v) is 16.3. The van der Waals surface area contributed by atoms with Crippen LogP contribution in [0, 0.1) is 0 Å². The third kappa shape index (κ3) is 17.9. The van der Waals surface area contributed by atoms with Gasteiger partial charge in [0.05, 0.1) is 5.75 Å². The van der Waals surface area contributed by atoms with Crippen molar-refractivity contribution in [1.82, 2.24) is 0 Å². The average Bonchev–Trinajstić information content (AvgIpc) is 2.54. The molecular formula is C20H40O2S. The topological polar surface area (TPSA) is 34.1 Å². The fraction of sp³-hybridized carbons (Fsp3) is 0.900. The molecule has 0 heterocycles. The Bertz CT molecular complexity index is 347. The number of hydrogen-bond acceptors (Lipinski definition) is 2. The van der Waals surface area contributed by atoms with Gasteiger partial charge in [-0.2, -0.15) is 0 Å². The van der Waals surface area contributed by atoms with Crippen LogP contribution in [0.2, 0.25) is 0 Å². The molecule has 0 aromatic rings. The van der Waals surface area contributed by atoms with Gasteiger partial charge in [0, 0.05) is 5.41 Å². The van der Waals surface area contributed by atoms with E-state index < -0.39 is 9.84 Å². The van der Waals surface area contributed by atoms with Crippen molar-refractivity contribution < 1.29 is 8.42 Å². The van der Waals surface area contributed by atoms with Crippen molar-refractivity contribution in [1.29, 1.82) is 0 Å². The number of sulfone groups is 1. The number of rotatable bonds is 18. The molecule has 0 atom stereocenters. The molecule has 0 aliphatic rings. The molecule has 0 aliphatic heterocycles. The van der Waals surface area contributed by atoms with Crippen molar-refractivity contribution in [3.05, 3.63) is 12.0 Å². The third-order valence-electron chi connectivity index (χ3n) is 4.54. The van der Waals surface area contributed by atoms with E-state index >= 15 is 0 Å². The van der Waals surface area contributed by atoms with Crippen LogP contribution in [-0.2, 0) is 9.84 Å². The Morgan fingerprint density at radius 3 is 1.22 bits per heavy atom. The second-order valence-corrected chi connectivity index (χ2v) is 8.90. The zero-order chi connectivity index (χ0) is 17.2. The molecule has 0 radical (unpaired) electrons. The van der Waals surface area contributed by atoms with Gasteiger partial charge in [-0.1, -0.05) is 110 Å². The van der Waals surface area contributed by atoms with Gasteiger partial charge < -0.3 is 0 Å². The largest absolute Gasteiger partial charge is 0.224 e. The van der Waals surface area contributed by atoms with Crippen LogP contribution < -0.4 is 0 Å². The van der Waals surface area contributed by atoms with E-state index in [1.165, 1.54) is 89.9 Å². The van der Waals surface area contributed by atoms with Crippen molar-refractivity contribution in [3.63, 3.8) is 0 Å². The minimum Gasteiger partial charge on any atom is -0.224 e. The van der Waals surface area contributed by atoms with Gasteiger partial charge in [-0.05, 0) is 6.42 Å². The summed E-state index contributed by atoms with van der Waals surface area (Å²) in [6.45, 7) is 5.61. The summed E-state index contributed by atoms with van der Waals surface area (Å²) in [4.78, 5) is 0. The molecule has 0 N–H and O–H groups in total. The van der Waals surface area contributed by atoms with Crippen LogP contribution in [0.15, 0.2) is 12.0 Å². The third-order valence-corrected chi connectivity index (χ3v) is 5.90. The Hall–Kier alpha value is -0.310. The quantitative estimate of drug-likeness (QED) is 0.256. The second-order valence-electron chi connectivity index (χ2n) is 6.84. The van der Waals surface area contributed by atoms with E-state index in [9.17, 15) is 8.42 Å².